The van der Waals surface area contributed by atoms with Gasteiger partial charge in [-0.2, -0.15) is 15.3 Å². The monoisotopic (exact) mass is 431 g/mol. The average Bonchev–Trinajstić information content (AvgIpc) is 3.30. The lowest BCUT2D eigenvalue weighted by Crippen LogP contribution is -2.47. The Hall–Kier alpha value is -3.38. The number of piperidine rings is 1. The van der Waals surface area contributed by atoms with Crippen LogP contribution in [0.2, 0.25) is 0 Å². The molecule has 0 spiro atoms. The normalized spacial score (nSPS) is 22.6. The number of fused-ring (bicyclic) bond motifs is 3. The summed E-state index contributed by atoms with van der Waals surface area (Å²) >= 11 is 0. The number of rotatable bonds is 7. The van der Waals surface area contributed by atoms with Crippen LogP contribution in [0.25, 0.3) is 10.9 Å². The molecule has 2 aromatic heterocycles. The van der Waals surface area contributed by atoms with Gasteiger partial charge in [0.15, 0.2) is 5.82 Å². The minimum Gasteiger partial charge on any atom is -0.388 e. The molecule has 32 heavy (non-hydrogen) atoms. The van der Waals surface area contributed by atoms with Crippen molar-refractivity contribution in [2.45, 2.75) is 57.2 Å². The molecule has 9 heteroatoms. The summed E-state index contributed by atoms with van der Waals surface area (Å²) in [6.07, 6.45) is 5.14. The van der Waals surface area contributed by atoms with E-state index in [0.717, 1.165) is 53.3 Å². The number of benzene rings is 1. The van der Waals surface area contributed by atoms with E-state index >= 15 is 0 Å². The van der Waals surface area contributed by atoms with Gasteiger partial charge in [0.1, 0.15) is 5.82 Å². The SMILES string of the molecule is CNc1ccc2c(Nc3cc(C)[nH]n3)nc(NC3CC4CCC(C3)N4CCC#N)nc2c1. The molecule has 0 aliphatic carbocycles. The van der Waals surface area contributed by atoms with Crippen molar-refractivity contribution in [3.8, 4) is 6.07 Å². The first-order chi connectivity index (χ1) is 15.6. The molecular formula is C23H29N9. The maximum absolute atomic E-state index is 8.97. The molecule has 0 amide bonds. The summed E-state index contributed by atoms with van der Waals surface area (Å²) in [4.78, 5) is 12.2. The van der Waals surface area contributed by atoms with Crippen molar-refractivity contribution >= 4 is 34.2 Å². The predicted octanol–water partition coefficient (Wildman–Crippen LogP) is 3.77. The van der Waals surface area contributed by atoms with Crippen molar-refractivity contribution in [2.75, 3.05) is 29.5 Å². The van der Waals surface area contributed by atoms with Gasteiger partial charge in [-0.25, -0.2) is 4.98 Å². The van der Waals surface area contributed by atoms with Crippen molar-refractivity contribution in [1.29, 1.82) is 5.26 Å². The van der Waals surface area contributed by atoms with Crippen molar-refractivity contribution in [2.24, 2.45) is 0 Å². The molecule has 9 nitrogen and oxygen atoms in total. The van der Waals surface area contributed by atoms with E-state index in [2.05, 4.69) is 37.1 Å². The average molecular weight is 432 g/mol. The minimum absolute atomic E-state index is 0.330. The molecule has 2 saturated heterocycles. The standard InChI is InChI=1S/C23H29N9/c1-14-10-21(31-30-14)28-22-19-7-4-15(25-2)13-20(19)27-23(29-22)26-16-11-17-5-6-18(12-16)32(17)9-3-8-24/h4,7,10,13,16-18,25H,3,5-6,9,11-12H2,1-2H3,(H3,26,27,28,29,30,31). The van der Waals surface area contributed by atoms with Crippen molar-refractivity contribution < 1.29 is 0 Å². The molecule has 2 fully saturated rings. The number of hydrogen-bond donors (Lipinski definition) is 4. The van der Waals surface area contributed by atoms with E-state index < -0.39 is 0 Å². The van der Waals surface area contributed by atoms with Gasteiger partial charge < -0.3 is 16.0 Å². The second kappa shape index (κ2) is 8.63. The van der Waals surface area contributed by atoms with Crippen LogP contribution >= 0.6 is 0 Å². The Balaban J connectivity index is 1.41. The number of H-pyrrole nitrogens is 1. The molecule has 5 rings (SSSR count). The van der Waals surface area contributed by atoms with Crippen LogP contribution < -0.4 is 16.0 Å². The highest BCUT2D eigenvalue weighted by atomic mass is 15.3. The van der Waals surface area contributed by atoms with Gasteiger partial charge in [-0.1, -0.05) is 0 Å². The van der Waals surface area contributed by atoms with Crippen LogP contribution in [-0.4, -0.2) is 56.8 Å². The Labute approximate surface area is 187 Å². The van der Waals surface area contributed by atoms with Gasteiger partial charge in [-0.3, -0.25) is 10.00 Å². The molecule has 4 N–H and O–H groups in total. The number of nitriles is 1. The molecule has 2 atom stereocenters. The van der Waals surface area contributed by atoms with Crippen LogP contribution in [0.1, 0.15) is 37.8 Å². The number of anilines is 4. The first-order valence-corrected chi connectivity index (χ1v) is 11.3. The van der Waals surface area contributed by atoms with E-state index in [0.29, 0.717) is 30.5 Å². The fourth-order valence-electron chi connectivity index (χ4n) is 5.17. The third kappa shape index (κ3) is 4.06. The number of aromatic amines is 1. The topological polar surface area (TPSA) is 118 Å². The summed E-state index contributed by atoms with van der Waals surface area (Å²) in [6.45, 7) is 2.86. The van der Waals surface area contributed by atoms with E-state index in [-0.39, 0.29) is 0 Å². The van der Waals surface area contributed by atoms with Gasteiger partial charge in [-0.05, 0) is 50.8 Å². The third-order valence-electron chi connectivity index (χ3n) is 6.64. The van der Waals surface area contributed by atoms with E-state index in [1.807, 2.05) is 38.2 Å². The second-order valence-corrected chi connectivity index (χ2v) is 8.78. The van der Waals surface area contributed by atoms with Gasteiger partial charge in [0.2, 0.25) is 5.95 Å². The Kier molecular flexibility index (Phi) is 5.53. The molecule has 2 aliphatic heterocycles. The van der Waals surface area contributed by atoms with Crippen molar-refractivity contribution in [3.05, 3.63) is 30.0 Å². The molecule has 2 unspecified atom stereocenters. The third-order valence-corrected chi connectivity index (χ3v) is 6.64. The van der Waals surface area contributed by atoms with Crippen LogP contribution in [0.5, 0.6) is 0 Å². The Morgan fingerprint density at radius 2 is 2.00 bits per heavy atom. The van der Waals surface area contributed by atoms with E-state index in [4.69, 9.17) is 15.2 Å². The number of aromatic nitrogens is 4. The molecule has 2 aliphatic rings. The quantitative estimate of drug-likeness (QED) is 0.447. The largest absolute Gasteiger partial charge is 0.388 e. The summed E-state index contributed by atoms with van der Waals surface area (Å²) in [6, 6.07) is 11.8. The van der Waals surface area contributed by atoms with Crippen LogP contribution in [0.15, 0.2) is 24.3 Å². The zero-order chi connectivity index (χ0) is 22.1. The van der Waals surface area contributed by atoms with Crippen LogP contribution in [-0.2, 0) is 0 Å². The molecular weight excluding hydrogens is 402 g/mol. The Morgan fingerprint density at radius 3 is 2.69 bits per heavy atom. The molecule has 4 heterocycles. The highest BCUT2D eigenvalue weighted by Gasteiger charge is 2.40. The Bertz CT molecular complexity index is 1130. The fourth-order valence-corrected chi connectivity index (χ4v) is 5.17. The van der Waals surface area contributed by atoms with Gasteiger partial charge in [0.25, 0.3) is 0 Å². The number of hydrogen-bond acceptors (Lipinski definition) is 8. The van der Waals surface area contributed by atoms with Gasteiger partial charge in [0.05, 0.1) is 11.6 Å². The lowest BCUT2D eigenvalue weighted by Gasteiger charge is -2.38. The highest BCUT2D eigenvalue weighted by Crippen LogP contribution is 2.37. The van der Waals surface area contributed by atoms with E-state index in [1.165, 1.54) is 12.8 Å². The predicted molar refractivity (Wildman–Crippen MR) is 126 cm³/mol. The van der Waals surface area contributed by atoms with E-state index in [9.17, 15) is 0 Å². The molecule has 166 valence electrons. The first-order valence-electron chi connectivity index (χ1n) is 11.3. The summed E-state index contributed by atoms with van der Waals surface area (Å²) in [5.74, 6) is 2.10. The van der Waals surface area contributed by atoms with Crippen LogP contribution in [0.4, 0.5) is 23.3 Å². The van der Waals surface area contributed by atoms with Gasteiger partial charge >= 0.3 is 0 Å². The minimum atomic E-state index is 0.330. The summed E-state index contributed by atoms with van der Waals surface area (Å²) < 4.78 is 0. The summed E-state index contributed by atoms with van der Waals surface area (Å²) in [5, 5.41) is 27.3. The first kappa shape index (κ1) is 20.5. The summed E-state index contributed by atoms with van der Waals surface area (Å²) in [7, 11) is 1.91. The number of aryl methyl sites for hydroxylation is 1. The highest BCUT2D eigenvalue weighted by molar-refractivity contribution is 5.93. The van der Waals surface area contributed by atoms with Crippen LogP contribution in [0, 0.1) is 18.3 Å². The maximum atomic E-state index is 8.97. The van der Waals surface area contributed by atoms with E-state index in [1.54, 1.807) is 0 Å². The van der Waals surface area contributed by atoms with Gasteiger partial charge in [0, 0.05) is 61.0 Å². The van der Waals surface area contributed by atoms with Crippen LogP contribution in [0.3, 0.4) is 0 Å². The van der Waals surface area contributed by atoms with Gasteiger partial charge in [-0.15, -0.1) is 0 Å². The lowest BCUT2D eigenvalue weighted by atomic mass is 9.97. The molecule has 1 aromatic carbocycles. The summed E-state index contributed by atoms with van der Waals surface area (Å²) in [5.41, 5.74) is 2.87. The molecule has 3 aromatic rings. The number of nitrogens with zero attached hydrogens (tertiary/aromatic N) is 5. The second-order valence-electron chi connectivity index (χ2n) is 8.78. The molecule has 2 bridgehead atoms. The maximum Gasteiger partial charge on any atom is 0.225 e. The fraction of sp³-hybridized carbons (Fsp3) is 0.478. The molecule has 0 radical (unpaired) electrons. The van der Waals surface area contributed by atoms with Crippen molar-refractivity contribution in [3.63, 3.8) is 0 Å². The van der Waals surface area contributed by atoms with Crippen molar-refractivity contribution in [1.82, 2.24) is 25.1 Å². The zero-order valence-electron chi connectivity index (χ0n) is 18.5. The Morgan fingerprint density at radius 1 is 1.19 bits per heavy atom. The number of nitrogens with one attached hydrogen (secondary N) is 4. The lowest BCUT2D eigenvalue weighted by molar-refractivity contribution is 0.135. The zero-order valence-corrected chi connectivity index (χ0v) is 18.5. The molecule has 0 saturated carbocycles. The smallest absolute Gasteiger partial charge is 0.225 e.